The molecule has 7 heteroatoms. The summed E-state index contributed by atoms with van der Waals surface area (Å²) in [4.78, 5) is 22.0. The minimum atomic E-state index is 0.0645. The van der Waals surface area contributed by atoms with E-state index in [0.29, 0.717) is 13.1 Å². The summed E-state index contributed by atoms with van der Waals surface area (Å²) in [5.41, 5.74) is 2.75. The van der Waals surface area contributed by atoms with Gasteiger partial charge in [-0.05, 0) is 36.4 Å². The normalized spacial score (nSPS) is 13.9. The van der Waals surface area contributed by atoms with Gasteiger partial charge >= 0.3 is 0 Å². The summed E-state index contributed by atoms with van der Waals surface area (Å²) in [5, 5.41) is 9.75. The van der Waals surface area contributed by atoms with Crippen molar-refractivity contribution < 1.29 is 14.6 Å². The SMILES string of the molecule is O=C(Cn1c(COc2ccccc2)nc2ccccc21)N1CCN(c2cccc(O)c2)CC1. The van der Waals surface area contributed by atoms with Crippen molar-refractivity contribution in [1.29, 1.82) is 0 Å². The molecule has 0 bridgehead atoms. The quantitative estimate of drug-likeness (QED) is 0.493. The van der Waals surface area contributed by atoms with E-state index in [0.717, 1.165) is 41.4 Å². The number of amides is 1. The highest BCUT2D eigenvalue weighted by Crippen LogP contribution is 2.22. The molecule has 7 nitrogen and oxygen atoms in total. The molecule has 33 heavy (non-hydrogen) atoms. The van der Waals surface area contributed by atoms with Crippen LogP contribution in [0.15, 0.2) is 78.9 Å². The Kier molecular flexibility index (Phi) is 5.85. The van der Waals surface area contributed by atoms with Gasteiger partial charge in [0.2, 0.25) is 5.91 Å². The van der Waals surface area contributed by atoms with Crippen LogP contribution in [0.25, 0.3) is 11.0 Å². The molecule has 2 heterocycles. The Balaban J connectivity index is 1.29. The number of hydrogen-bond acceptors (Lipinski definition) is 5. The lowest BCUT2D eigenvalue weighted by molar-refractivity contribution is -0.132. The van der Waals surface area contributed by atoms with Crippen LogP contribution in [0.2, 0.25) is 0 Å². The van der Waals surface area contributed by atoms with Gasteiger partial charge in [-0.1, -0.05) is 36.4 Å². The van der Waals surface area contributed by atoms with Crippen LogP contribution < -0.4 is 9.64 Å². The van der Waals surface area contributed by atoms with Crippen molar-refractivity contribution in [3.8, 4) is 11.5 Å². The zero-order valence-electron chi connectivity index (χ0n) is 18.3. The van der Waals surface area contributed by atoms with Crippen LogP contribution in [-0.4, -0.2) is 51.6 Å². The molecule has 1 aliphatic heterocycles. The number of aromatic hydroxyl groups is 1. The second-order valence-corrected chi connectivity index (χ2v) is 8.09. The summed E-state index contributed by atoms with van der Waals surface area (Å²) in [6.45, 7) is 3.24. The number of piperazine rings is 1. The Morgan fingerprint density at radius 3 is 2.45 bits per heavy atom. The van der Waals surface area contributed by atoms with Gasteiger partial charge in [0.15, 0.2) is 0 Å². The fourth-order valence-corrected chi connectivity index (χ4v) is 4.22. The van der Waals surface area contributed by atoms with Gasteiger partial charge in [0.05, 0.1) is 11.0 Å². The standard InChI is InChI=1S/C26H26N4O3/c31-21-8-6-7-20(17-21)28-13-15-29(16-14-28)26(32)18-30-24-12-5-4-11-23(24)27-25(30)19-33-22-9-2-1-3-10-22/h1-12,17,31H,13-16,18-19H2. The number of phenols is 1. The molecule has 0 atom stereocenters. The number of carbonyl (C=O) groups is 1. The van der Waals surface area contributed by atoms with Crippen LogP contribution in [0.1, 0.15) is 5.82 Å². The molecule has 0 unspecified atom stereocenters. The number of hydrogen-bond donors (Lipinski definition) is 1. The summed E-state index contributed by atoms with van der Waals surface area (Å²) in [7, 11) is 0. The van der Waals surface area contributed by atoms with Crippen molar-refractivity contribution in [3.05, 3.63) is 84.7 Å². The topological polar surface area (TPSA) is 70.8 Å². The molecule has 1 saturated heterocycles. The number of ether oxygens (including phenoxy) is 1. The zero-order valence-corrected chi connectivity index (χ0v) is 18.3. The van der Waals surface area contributed by atoms with Gasteiger partial charge in [-0.15, -0.1) is 0 Å². The number of imidazole rings is 1. The van der Waals surface area contributed by atoms with Crippen LogP contribution in [0.3, 0.4) is 0 Å². The first kappa shape index (κ1) is 20.9. The van der Waals surface area contributed by atoms with Gasteiger partial charge < -0.3 is 24.2 Å². The highest BCUT2D eigenvalue weighted by molar-refractivity contribution is 5.81. The fraction of sp³-hybridized carbons (Fsp3) is 0.231. The third-order valence-electron chi connectivity index (χ3n) is 5.97. The smallest absolute Gasteiger partial charge is 0.242 e. The molecule has 3 aromatic carbocycles. The number of carbonyl (C=O) groups excluding carboxylic acids is 1. The average molecular weight is 443 g/mol. The van der Waals surface area contributed by atoms with Crippen molar-refractivity contribution in [2.75, 3.05) is 31.1 Å². The number of aromatic nitrogens is 2. The van der Waals surface area contributed by atoms with E-state index in [9.17, 15) is 9.90 Å². The Bertz CT molecular complexity index is 1250. The first-order valence-electron chi connectivity index (χ1n) is 11.1. The number of benzene rings is 3. The summed E-state index contributed by atoms with van der Waals surface area (Å²) < 4.78 is 7.89. The molecule has 1 amide bonds. The minimum Gasteiger partial charge on any atom is -0.508 e. The molecular weight excluding hydrogens is 416 g/mol. The molecule has 0 radical (unpaired) electrons. The van der Waals surface area contributed by atoms with Gasteiger partial charge in [-0.2, -0.15) is 0 Å². The highest BCUT2D eigenvalue weighted by Gasteiger charge is 2.23. The van der Waals surface area contributed by atoms with E-state index in [1.807, 2.05) is 76.2 Å². The molecule has 1 N–H and O–H groups in total. The molecule has 0 saturated carbocycles. The van der Waals surface area contributed by atoms with Crippen molar-refractivity contribution in [1.82, 2.24) is 14.5 Å². The van der Waals surface area contributed by atoms with Gasteiger partial charge in [0.1, 0.15) is 30.5 Å². The Hall–Kier alpha value is -4.00. The molecule has 1 aromatic heterocycles. The number of fused-ring (bicyclic) bond motifs is 1. The summed E-state index contributed by atoms with van der Waals surface area (Å²) in [5.74, 6) is 1.82. The van der Waals surface area contributed by atoms with E-state index in [1.54, 1.807) is 12.1 Å². The van der Waals surface area contributed by atoms with Crippen molar-refractivity contribution in [3.63, 3.8) is 0 Å². The summed E-state index contributed by atoms with van der Waals surface area (Å²) in [6, 6.07) is 24.7. The van der Waals surface area contributed by atoms with Crippen LogP contribution in [-0.2, 0) is 17.9 Å². The first-order valence-corrected chi connectivity index (χ1v) is 11.1. The number of phenolic OH excluding ortho intramolecular Hbond substituents is 1. The monoisotopic (exact) mass is 442 g/mol. The fourth-order valence-electron chi connectivity index (χ4n) is 4.22. The maximum atomic E-state index is 13.2. The predicted molar refractivity (Wildman–Crippen MR) is 127 cm³/mol. The lowest BCUT2D eigenvalue weighted by Gasteiger charge is -2.36. The van der Waals surface area contributed by atoms with Crippen molar-refractivity contribution >= 4 is 22.6 Å². The predicted octanol–water partition coefficient (Wildman–Crippen LogP) is 3.67. The van der Waals surface area contributed by atoms with E-state index >= 15 is 0 Å². The molecule has 1 fully saturated rings. The van der Waals surface area contributed by atoms with E-state index in [1.165, 1.54) is 0 Å². The second-order valence-electron chi connectivity index (χ2n) is 8.09. The molecule has 4 aromatic rings. The van der Waals surface area contributed by atoms with E-state index in [-0.39, 0.29) is 24.8 Å². The number of anilines is 1. The number of para-hydroxylation sites is 3. The van der Waals surface area contributed by atoms with Gasteiger partial charge in [-0.3, -0.25) is 4.79 Å². The van der Waals surface area contributed by atoms with E-state index in [4.69, 9.17) is 9.72 Å². The minimum absolute atomic E-state index is 0.0645. The molecular formula is C26H26N4O3. The van der Waals surface area contributed by atoms with Crippen LogP contribution in [0.4, 0.5) is 5.69 Å². The third kappa shape index (κ3) is 4.62. The summed E-state index contributed by atoms with van der Waals surface area (Å²) in [6.07, 6.45) is 0. The van der Waals surface area contributed by atoms with E-state index < -0.39 is 0 Å². The molecule has 0 aliphatic carbocycles. The van der Waals surface area contributed by atoms with Gasteiger partial charge in [0.25, 0.3) is 0 Å². The van der Waals surface area contributed by atoms with Crippen molar-refractivity contribution in [2.24, 2.45) is 0 Å². The van der Waals surface area contributed by atoms with Gasteiger partial charge in [0, 0.05) is 37.9 Å². The Morgan fingerprint density at radius 1 is 0.909 bits per heavy atom. The Morgan fingerprint density at radius 2 is 1.67 bits per heavy atom. The van der Waals surface area contributed by atoms with Crippen molar-refractivity contribution in [2.45, 2.75) is 13.2 Å². The van der Waals surface area contributed by atoms with E-state index in [2.05, 4.69) is 4.90 Å². The zero-order chi connectivity index (χ0) is 22.6. The van der Waals surface area contributed by atoms with Crippen LogP contribution >= 0.6 is 0 Å². The molecule has 5 rings (SSSR count). The number of nitrogens with zero attached hydrogens (tertiary/aromatic N) is 4. The maximum absolute atomic E-state index is 13.2. The number of rotatable bonds is 6. The average Bonchev–Trinajstić information content (AvgIpc) is 3.20. The third-order valence-corrected chi connectivity index (χ3v) is 5.97. The molecule has 0 spiro atoms. The van der Waals surface area contributed by atoms with Crippen LogP contribution in [0, 0.1) is 0 Å². The highest BCUT2D eigenvalue weighted by atomic mass is 16.5. The largest absolute Gasteiger partial charge is 0.508 e. The lowest BCUT2D eigenvalue weighted by atomic mass is 10.2. The first-order chi connectivity index (χ1) is 16.2. The Labute approximate surface area is 192 Å². The lowest BCUT2D eigenvalue weighted by Crippen LogP contribution is -2.49. The molecule has 1 aliphatic rings. The maximum Gasteiger partial charge on any atom is 0.242 e. The molecule has 168 valence electrons. The van der Waals surface area contributed by atoms with Gasteiger partial charge in [-0.25, -0.2) is 4.98 Å². The second kappa shape index (κ2) is 9.24. The summed E-state index contributed by atoms with van der Waals surface area (Å²) >= 11 is 0. The van der Waals surface area contributed by atoms with Crippen LogP contribution in [0.5, 0.6) is 11.5 Å².